The van der Waals surface area contributed by atoms with Gasteiger partial charge in [-0.3, -0.25) is 4.79 Å². The van der Waals surface area contributed by atoms with Crippen molar-refractivity contribution >= 4 is 18.5 Å². The van der Waals surface area contributed by atoms with Crippen molar-refractivity contribution in [3.8, 4) is 5.75 Å². The molecule has 0 spiro atoms. The van der Waals surface area contributed by atoms with Crippen LogP contribution >= 0.6 is 12.6 Å². The van der Waals surface area contributed by atoms with Gasteiger partial charge >= 0.3 is 0 Å². The monoisotopic (exact) mass is 225 g/mol. The minimum absolute atomic E-state index is 0.0524. The number of hydrogen-bond acceptors (Lipinski definition) is 3. The van der Waals surface area contributed by atoms with E-state index in [2.05, 4.69) is 17.9 Å². The van der Waals surface area contributed by atoms with Gasteiger partial charge in [-0.1, -0.05) is 17.7 Å². The van der Waals surface area contributed by atoms with Gasteiger partial charge in [0.25, 0.3) is 5.91 Å². The third-order valence-electron chi connectivity index (χ3n) is 1.82. The van der Waals surface area contributed by atoms with E-state index in [1.54, 1.807) is 0 Å². The molecule has 0 unspecified atom stereocenters. The highest BCUT2D eigenvalue weighted by Crippen LogP contribution is 2.10. The second kappa shape index (κ2) is 6.35. The molecule has 0 aromatic heterocycles. The molecule has 1 rings (SSSR count). The Bertz CT molecular complexity index is 311. The van der Waals surface area contributed by atoms with Crippen LogP contribution in [-0.4, -0.2) is 24.8 Å². The number of benzene rings is 1. The second-order valence-electron chi connectivity index (χ2n) is 3.18. The Balaban J connectivity index is 2.30. The molecule has 0 heterocycles. The summed E-state index contributed by atoms with van der Waals surface area (Å²) >= 11 is 3.99. The van der Waals surface area contributed by atoms with E-state index >= 15 is 0 Å². The maximum absolute atomic E-state index is 11.2. The van der Waals surface area contributed by atoms with E-state index in [4.69, 9.17) is 4.74 Å². The average Bonchev–Trinajstić information content (AvgIpc) is 2.25. The molecule has 1 aromatic rings. The standard InChI is InChI=1S/C11H15NO2S/c1-9-2-4-10(5-3-9)14-8-11(13)12-6-7-15/h2-5,15H,6-8H2,1H3,(H,12,13). The van der Waals surface area contributed by atoms with Crippen LogP contribution in [-0.2, 0) is 4.79 Å². The Morgan fingerprint density at radius 2 is 2.07 bits per heavy atom. The molecule has 0 aliphatic rings. The summed E-state index contributed by atoms with van der Waals surface area (Å²) < 4.78 is 5.28. The van der Waals surface area contributed by atoms with Crippen LogP contribution in [0.4, 0.5) is 0 Å². The number of ether oxygens (including phenoxy) is 1. The van der Waals surface area contributed by atoms with Gasteiger partial charge in [-0.25, -0.2) is 0 Å². The van der Waals surface area contributed by atoms with Crippen molar-refractivity contribution in [3.63, 3.8) is 0 Å². The Kier molecular flexibility index (Phi) is 5.04. The van der Waals surface area contributed by atoms with Gasteiger partial charge in [0, 0.05) is 12.3 Å². The molecule has 0 saturated carbocycles. The van der Waals surface area contributed by atoms with Crippen LogP contribution in [0.3, 0.4) is 0 Å². The van der Waals surface area contributed by atoms with Gasteiger partial charge in [-0.15, -0.1) is 0 Å². The summed E-state index contributed by atoms with van der Waals surface area (Å²) in [5, 5.41) is 2.67. The molecule has 1 amide bonds. The Morgan fingerprint density at radius 3 is 2.67 bits per heavy atom. The molecule has 0 saturated heterocycles. The van der Waals surface area contributed by atoms with Crippen molar-refractivity contribution in [2.75, 3.05) is 18.9 Å². The summed E-state index contributed by atoms with van der Waals surface area (Å²) in [5.74, 6) is 1.22. The van der Waals surface area contributed by atoms with E-state index in [-0.39, 0.29) is 12.5 Å². The first-order valence-corrected chi connectivity index (χ1v) is 5.42. The van der Waals surface area contributed by atoms with Crippen molar-refractivity contribution in [3.05, 3.63) is 29.8 Å². The van der Waals surface area contributed by atoms with Crippen molar-refractivity contribution in [2.45, 2.75) is 6.92 Å². The van der Waals surface area contributed by atoms with Gasteiger partial charge in [0.2, 0.25) is 0 Å². The van der Waals surface area contributed by atoms with Crippen LogP contribution in [0.5, 0.6) is 5.75 Å². The topological polar surface area (TPSA) is 38.3 Å². The Morgan fingerprint density at radius 1 is 1.40 bits per heavy atom. The molecule has 0 radical (unpaired) electrons. The fraction of sp³-hybridized carbons (Fsp3) is 0.364. The Labute approximate surface area is 95.2 Å². The number of carbonyl (C=O) groups excluding carboxylic acids is 1. The minimum Gasteiger partial charge on any atom is -0.484 e. The highest BCUT2D eigenvalue weighted by atomic mass is 32.1. The summed E-state index contributed by atoms with van der Waals surface area (Å²) in [7, 11) is 0. The third kappa shape index (κ3) is 4.74. The summed E-state index contributed by atoms with van der Waals surface area (Å²) in [6, 6.07) is 7.59. The first-order valence-electron chi connectivity index (χ1n) is 4.79. The fourth-order valence-corrected chi connectivity index (χ4v) is 1.14. The smallest absolute Gasteiger partial charge is 0.257 e. The molecule has 0 atom stereocenters. The first kappa shape index (κ1) is 11.9. The average molecular weight is 225 g/mol. The third-order valence-corrected chi connectivity index (χ3v) is 2.05. The van der Waals surface area contributed by atoms with Crippen LogP contribution in [0.2, 0.25) is 0 Å². The number of carbonyl (C=O) groups is 1. The second-order valence-corrected chi connectivity index (χ2v) is 3.62. The van der Waals surface area contributed by atoms with Crippen LogP contribution in [0.1, 0.15) is 5.56 Å². The van der Waals surface area contributed by atoms with Crippen molar-refractivity contribution in [2.24, 2.45) is 0 Å². The van der Waals surface area contributed by atoms with Crippen LogP contribution in [0.25, 0.3) is 0 Å². The lowest BCUT2D eigenvalue weighted by atomic mass is 10.2. The maximum atomic E-state index is 11.2. The van der Waals surface area contributed by atoms with Crippen molar-refractivity contribution in [1.82, 2.24) is 5.32 Å². The molecule has 3 nitrogen and oxygen atoms in total. The summed E-state index contributed by atoms with van der Waals surface area (Å²) in [6.45, 7) is 2.62. The molecule has 15 heavy (non-hydrogen) atoms. The lowest BCUT2D eigenvalue weighted by molar-refractivity contribution is -0.122. The zero-order valence-electron chi connectivity index (χ0n) is 8.69. The van der Waals surface area contributed by atoms with E-state index < -0.39 is 0 Å². The predicted octanol–water partition coefficient (Wildman–Crippen LogP) is 1.42. The Hall–Kier alpha value is -1.16. The number of rotatable bonds is 5. The number of nitrogens with one attached hydrogen (secondary N) is 1. The van der Waals surface area contributed by atoms with Gasteiger partial charge in [-0.05, 0) is 19.1 Å². The molecule has 82 valence electrons. The van der Waals surface area contributed by atoms with Gasteiger partial charge in [0.05, 0.1) is 0 Å². The van der Waals surface area contributed by atoms with Crippen LogP contribution in [0.15, 0.2) is 24.3 Å². The maximum Gasteiger partial charge on any atom is 0.257 e. The minimum atomic E-state index is -0.121. The molecular weight excluding hydrogens is 210 g/mol. The number of aryl methyl sites for hydroxylation is 1. The van der Waals surface area contributed by atoms with Gasteiger partial charge in [-0.2, -0.15) is 12.6 Å². The summed E-state index contributed by atoms with van der Waals surface area (Å²) in [5.41, 5.74) is 1.17. The molecule has 4 heteroatoms. The molecule has 0 bridgehead atoms. The van der Waals surface area contributed by atoms with E-state index in [1.165, 1.54) is 5.56 Å². The van der Waals surface area contributed by atoms with E-state index in [0.717, 1.165) is 0 Å². The summed E-state index contributed by atoms with van der Waals surface area (Å²) in [4.78, 5) is 11.2. The van der Waals surface area contributed by atoms with Crippen molar-refractivity contribution in [1.29, 1.82) is 0 Å². The molecule has 1 aromatic carbocycles. The van der Waals surface area contributed by atoms with Crippen LogP contribution < -0.4 is 10.1 Å². The molecule has 0 aliphatic carbocycles. The van der Waals surface area contributed by atoms with E-state index in [9.17, 15) is 4.79 Å². The normalized spacial score (nSPS) is 9.73. The summed E-state index contributed by atoms with van der Waals surface area (Å²) in [6.07, 6.45) is 0. The quantitative estimate of drug-likeness (QED) is 0.744. The number of hydrogen-bond donors (Lipinski definition) is 2. The highest BCUT2D eigenvalue weighted by molar-refractivity contribution is 7.80. The molecule has 0 aliphatic heterocycles. The van der Waals surface area contributed by atoms with Gasteiger partial charge in [0.1, 0.15) is 5.75 Å². The first-order chi connectivity index (χ1) is 7.22. The predicted molar refractivity (Wildman–Crippen MR) is 63.5 cm³/mol. The van der Waals surface area contributed by atoms with Crippen molar-refractivity contribution < 1.29 is 9.53 Å². The SMILES string of the molecule is Cc1ccc(OCC(=O)NCCS)cc1. The van der Waals surface area contributed by atoms with E-state index in [0.29, 0.717) is 18.0 Å². The molecule has 0 fully saturated rings. The zero-order chi connectivity index (χ0) is 11.1. The largest absolute Gasteiger partial charge is 0.484 e. The zero-order valence-corrected chi connectivity index (χ0v) is 9.59. The lowest BCUT2D eigenvalue weighted by Crippen LogP contribution is -2.30. The molecular formula is C11H15NO2S. The molecule has 1 N–H and O–H groups in total. The number of amides is 1. The lowest BCUT2D eigenvalue weighted by Gasteiger charge is -2.06. The number of thiol groups is 1. The highest BCUT2D eigenvalue weighted by Gasteiger charge is 2.00. The van der Waals surface area contributed by atoms with Gasteiger partial charge in [0.15, 0.2) is 6.61 Å². The van der Waals surface area contributed by atoms with Gasteiger partial charge < -0.3 is 10.1 Å². The van der Waals surface area contributed by atoms with Crippen LogP contribution in [0, 0.1) is 6.92 Å². The fourth-order valence-electron chi connectivity index (χ4n) is 1.03. The van der Waals surface area contributed by atoms with E-state index in [1.807, 2.05) is 31.2 Å².